The van der Waals surface area contributed by atoms with Gasteiger partial charge in [0.05, 0.1) is 28.5 Å². The third-order valence-corrected chi connectivity index (χ3v) is 9.28. The molecule has 1 atom stereocenters. The van der Waals surface area contributed by atoms with E-state index in [0.717, 1.165) is 32.2 Å². The number of nitrogens with zero attached hydrogens (tertiary/aromatic N) is 3. The van der Waals surface area contributed by atoms with Crippen molar-refractivity contribution in [1.29, 1.82) is 0 Å². The Morgan fingerprint density at radius 2 is 1.79 bits per heavy atom. The van der Waals surface area contributed by atoms with Gasteiger partial charge in [-0.25, -0.2) is 9.79 Å². The first-order valence-electron chi connectivity index (χ1n) is 13.5. The van der Waals surface area contributed by atoms with Crippen molar-refractivity contribution in [3.63, 3.8) is 0 Å². The lowest BCUT2D eigenvalue weighted by Crippen LogP contribution is -2.39. The van der Waals surface area contributed by atoms with Crippen LogP contribution in [0.15, 0.2) is 98.3 Å². The number of hydrogen-bond donors (Lipinski definition) is 0. The molecule has 0 spiro atoms. The Kier molecular flexibility index (Phi) is 7.79. The Morgan fingerprint density at radius 1 is 1.07 bits per heavy atom. The number of aromatic nitrogens is 2. The predicted molar refractivity (Wildman–Crippen MR) is 172 cm³/mol. The molecule has 6 rings (SSSR count). The molecular formula is C33H27BrClN3O3S. The number of carbonyl (C=O) groups excluding carboxylic acids is 1. The summed E-state index contributed by atoms with van der Waals surface area (Å²) >= 11 is 11.0. The van der Waals surface area contributed by atoms with Crippen molar-refractivity contribution in [2.75, 3.05) is 6.61 Å². The van der Waals surface area contributed by atoms with E-state index >= 15 is 0 Å². The average molecular weight is 661 g/mol. The third kappa shape index (κ3) is 5.08. The molecule has 1 aliphatic rings. The summed E-state index contributed by atoms with van der Waals surface area (Å²) in [6, 6.07) is 23.0. The van der Waals surface area contributed by atoms with Gasteiger partial charge in [-0.3, -0.25) is 9.36 Å². The monoisotopic (exact) mass is 659 g/mol. The summed E-state index contributed by atoms with van der Waals surface area (Å²) in [5, 5.41) is 1.63. The number of carbonyl (C=O) groups is 1. The highest BCUT2D eigenvalue weighted by Gasteiger charge is 2.33. The first kappa shape index (κ1) is 28.4. The lowest BCUT2D eigenvalue weighted by Gasteiger charge is -2.24. The summed E-state index contributed by atoms with van der Waals surface area (Å²) < 4.78 is 10.9. The van der Waals surface area contributed by atoms with Gasteiger partial charge in [0.25, 0.3) is 5.56 Å². The fourth-order valence-electron chi connectivity index (χ4n) is 5.50. The molecule has 0 unspecified atom stereocenters. The molecule has 0 amide bonds. The van der Waals surface area contributed by atoms with Crippen molar-refractivity contribution >= 4 is 61.8 Å². The molecule has 0 saturated heterocycles. The quantitative estimate of drug-likeness (QED) is 0.195. The van der Waals surface area contributed by atoms with Crippen LogP contribution >= 0.6 is 38.9 Å². The van der Waals surface area contributed by atoms with Gasteiger partial charge >= 0.3 is 5.97 Å². The fraction of sp³-hybridized carbons (Fsp3) is 0.182. The topological polar surface area (TPSA) is 65.6 Å². The maximum absolute atomic E-state index is 14.1. The molecule has 1 aliphatic heterocycles. The highest BCUT2D eigenvalue weighted by atomic mass is 79.9. The number of hydrogen-bond acceptors (Lipinski definition) is 5. The van der Waals surface area contributed by atoms with Gasteiger partial charge in [-0.05, 0) is 68.3 Å². The van der Waals surface area contributed by atoms with E-state index in [2.05, 4.69) is 51.7 Å². The van der Waals surface area contributed by atoms with E-state index in [1.165, 1.54) is 16.9 Å². The number of esters is 1. The van der Waals surface area contributed by atoms with Gasteiger partial charge < -0.3 is 9.30 Å². The number of allylic oxidation sites excluding steroid dienone is 1. The van der Waals surface area contributed by atoms with E-state index < -0.39 is 12.0 Å². The number of ether oxygens (including phenoxy) is 1. The summed E-state index contributed by atoms with van der Waals surface area (Å²) in [6.45, 7) is 6.55. The Hall–Kier alpha value is -3.72. The number of thiazole rings is 1. The summed E-state index contributed by atoms with van der Waals surface area (Å²) in [6.07, 6.45) is 1.96. The van der Waals surface area contributed by atoms with E-state index in [-0.39, 0.29) is 12.2 Å². The standard InChI is InChI=1S/C33H27BrClN3O3S/c1-4-41-32(40)29-19(2)36-33-38(30(29)22-11-15-24(35)16-12-22)31(39)28(42-33)17-26-20(3)37(27-8-6-5-7-25(26)27)18-21-9-13-23(34)14-10-21/h5-17,30H,4,18H2,1-3H3/b28-17-/t30-/m0/s1. The number of fused-ring (bicyclic) bond motifs is 2. The second kappa shape index (κ2) is 11.5. The minimum absolute atomic E-state index is 0.211. The average Bonchev–Trinajstić information content (AvgIpc) is 3.42. The molecular weight excluding hydrogens is 634 g/mol. The zero-order valence-corrected chi connectivity index (χ0v) is 26.4. The van der Waals surface area contributed by atoms with Crippen LogP contribution in [0.4, 0.5) is 0 Å². The Morgan fingerprint density at radius 3 is 2.50 bits per heavy atom. The van der Waals surface area contributed by atoms with Crippen molar-refractivity contribution in [2.45, 2.75) is 33.4 Å². The number of benzene rings is 3. The molecule has 0 fully saturated rings. The van der Waals surface area contributed by atoms with Gasteiger partial charge in [0.15, 0.2) is 4.80 Å². The number of rotatable bonds is 6. The maximum Gasteiger partial charge on any atom is 0.338 e. The first-order valence-corrected chi connectivity index (χ1v) is 15.5. The highest BCUT2D eigenvalue weighted by molar-refractivity contribution is 9.10. The molecule has 0 radical (unpaired) electrons. The van der Waals surface area contributed by atoms with E-state index in [4.69, 9.17) is 21.3 Å². The van der Waals surface area contributed by atoms with Gasteiger partial charge in [-0.15, -0.1) is 0 Å². The van der Waals surface area contributed by atoms with Crippen LogP contribution in [0.3, 0.4) is 0 Å². The Labute approximate surface area is 260 Å². The second-order valence-electron chi connectivity index (χ2n) is 10.1. The lowest BCUT2D eigenvalue weighted by atomic mass is 9.96. The third-order valence-electron chi connectivity index (χ3n) is 7.51. The lowest BCUT2D eigenvalue weighted by molar-refractivity contribution is -0.139. The molecule has 5 aromatic rings. The molecule has 0 bridgehead atoms. The minimum Gasteiger partial charge on any atom is -0.463 e. The van der Waals surface area contributed by atoms with Gasteiger partial charge in [0.1, 0.15) is 0 Å². The van der Waals surface area contributed by atoms with Gasteiger partial charge in [-0.1, -0.05) is 81.3 Å². The van der Waals surface area contributed by atoms with Crippen LogP contribution < -0.4 is 14.9 Å². The molecule has 212 valence electrons. The van der Waals surface area contributed by atoms with Crippen LogP contribution in [-0.2, 0) is 16.1 Å². The van der Waals surface area contributed by atoms with Gasteiger partial charge in [0.2, 0.25) is 0 Å². The van der Waals surface area contributed by atoms with Crippen molar-refractivity contribution in [3.05, 3.63) is 136 Å². The van der Waals surface area contributed by atoms with Gasteiger partial charge in [0, 0.05) is 38.2 Å². The van der Waals surface area contributed by atoms with Crippen LogP contribution in [-0.4, -0.2) is 21.7 Å². The molecule has 42 heavy (non-hydrogen) atoms. The minimum atomic E-state index is -0.681. The van der Waals surface area contributed by atoms with E-state index in [1.807, 2.05) is 42.5 Å². The normalized spacial score (nSPS) is 15.2. The fourth-order valence-corrected chi connectivity index (χ4v) is 6.92. The van der Waals surface area contributed by atoms with Crippen LogP contribution in [0.25, 0.3) is 17.0 Å². The van der Waals surface area contributed by atoms with Crippen molar-refractivity contribution in [1.82, 2.24) is 9.13 Å². The summed E-state index contributed by atoms with van der Waals surface area (Å²) in [4.78, 5) is 32.5. The van der Waals surface area contributed by atoms with Crippen LogP contribution in [0.1, 0.15) is 42.3 Å². The molecule has 0 saturated carbocycles. The second-order valence-corrected chi connectivity index (χ2v) is 12.4. The largest absolute Gasteiger partial charge is 0.463 e. The summed E-state index contributed by atoms with van der Waals surface area (Å²) in [7, 11) is 0. The smallest absolute Gasteiger partial charge is 0.338 e. The SMILES string of the molecule is CCOC(=O)C1=C(C)N=c2s/c(=C\c3c(C)n(Cc4ccc(Br)cc4)c4ccccc34)c(=O)n2[C@H]1c1ccc(Cl)cc1. The number of para-hydroxylation sites is 1. The van der Waals surface area contributed by atoms with Crippen molar-refractivity contribution in [3.8, 4) is 0 Å². The van der Waals surface area contributed by atoms with Gasteiger partial charge in [-0.2, -0.15) is 0 Å². The number of halogens is 2. The molecule has 0 N–H and O–H groups in total. The predicted octanol–water partition coefficient (Wildman–Crippen LogP) is 6.53. The van der Waals surface area contributed by atoms with Crippen LogP contribution in [0, 0.1) is 6.92 Å². The molecule has 0 aliphatic carbocycles. The zero-order valence-electron chi connectivity index (χ0n) is 23.2. The van der Waals surface area contributed by atoms with E-state index in [1.54, 1.807) is 30.5 Å². The molecule has 9 heteroatoms. The Bertz CT molecular complexity index is 2050. The molecule has 6 nitrogen and oxygen atoms in total. The zero-order chi connectivity index (χ0) is 29.5. The van der Waals surface area contributed by atoms with E-state index in [9.17, 15) is 9.59 Å². The summed E-state index contributed by atoms with van der Waals surface area (Å²) in [5.41, 5.74) is 5.74. The highest BCUT2D eigenvalue weighted by Crippen LogP contribution is 2.32. The molecule has 3 aromatic carbocycles. The van der Waals surface area contributed by atoms with E-state index in [0.29, 0.717) is 32.2 Å². The first-order chi connectivity index (χ1) is 20.3. The molecule has 3 heterocycles. The maximum atomic E-state index is 14.1. The Balaban J connectivity index is 1.54. The van der Waals surface area contributed by atoms with Crippen LogP contribution in [0.2, 0.25) is 5.02 Å². The van der Waals surface area contributed by atoms with Crippen molar-refractivity contribution in [2.24, 2.45) is 4.99 Å². The van der Waals surface area contributed by atoms with Crippen molar-refractivity contribution < 1.29 is 9.53 Å². The molecule has 2 aromatic heterocycles. The van der Waals surface area contributed by atoms with Crippen LogP contribution in [0.5, 0.6) is 0 Å². The summed E-state index contributed by atoms with van der Waals surface area (Å²) in [5.74, 6) is -0.486.